The molecule has 0 unspecified atom stereocenters. The Morgan fingerprint density at radius 1 is 0.968 bits per heavy atom. The number of hydrogen-bond donors (Lipinski definition) is 1. The first-order valence-corrected chi connectivity index (χ1v) is 9.66. The summed E-state index contributed by atoms with van der Waals surface area (Å²) in [5, 5.41) is 4.04. The number of rotatable bonds is 4. The van der Waals surface area contributed by atoms with E-state index >= 15 is 0 Å². The molecule has 0 atom stereocenters. The van der Waals surface area contributed by atoms with Gasteiger partial charge in [0.05, 0.1) is 17.9 Å². The predicted octanol–water partition coefficient (Wildman–Crippen LogP) is 3.68. The van der Waals surface area contributed by atoms with Crippen LogP contribution in [0.2, 0.25) is 0 Å². The number of esters is 1. The second-order valence-corrected chi connectivity index (χ2v) is 6.79. The summed E-state index contributed by atoms with van der Waals surface area (Å²) in [6, 6.07) is 18.1. The summed E-state index contributed by atoms with van der Waals surface area (Å²) in [6.45, 7) is 1.93. The first-order chi connectivity index (χ1) is 15.0. The van der Waals surface area contributed by atoms with E-state index in [-0.39, 0.29) is 23.4 Å². The van der Waals surface area contributed by atoms with Crippen LogP contribution in [0.4, 0.5) is 10.5 Å². The van der Waals surface area contributed by atoms with E-state index in [0.717, 1.165) is 15.7 Å². The molecule has 0 aromatic heterocycles. The highest BCUT2D eigenvalue weighted by Crippen LogP contribution is 2.25. The van der Waals surface area contributed by atoms with Crippen molar-refractivity contribution in [2.24, 2.45) is 0 Å². The summed E-state index contributed by atoms with van der Waals surface area (Å²) in [5.41, 5.74) is 1.04. The van der Waals surface area contributed by atoms with E-state index < -0.39 is 23.8 Å². The van der Waals surface area contributed by atoms with Crippen LogP contribution in [0.3, 0.4) is 0 Å². The van der Waals surface area contributed by atoms with Gasteiger partial charge in [0, 0.05) is 0 Å². The average molecular weight is 414 g/mol. The van der Waals surface area contributed by atoms with Crippen molar-refractivity contribution in [3.8, 4) is 0 Å². The Balaban J connectivity index is 1.71. The lowest BCUT2D eigenvalue weighted by Gasteiger charge is -2.26. The zero-order valence-corrected chi connectivity index (χ0v) is 16.6. The van der Waals surface area contributed by atoms with Crippen molar-refractivity contribution in [1.29, 1.82) is 0 Å². The van der Waals surface area contributed by atoms with Gasteiger partial charge >= 0.3 is 12.0 Å². The molecule has 0 aliphatic carbocycles. The zero-order valence-electron chi connectivity index (χ0n) is 16.6. The third-order valence-corrected chi connectivity index (χ3v) is 4.86. The molecule has 7 nitrogen and oxygen atoms in total. The van der Waals surface area contributed by atoms with Gasteiger partial charge < -0.3 is 4.74 Å². The number of barbiturate groups is 1. The molecular formula is C24H18N2O5. The number of amides is 4. The lowest BCUT2D eigenvalue weighted by atomic mass is 10.0. The lowest BCUT2D eigenvalue weighted by molar-refractivity contribution is -0.122. The number of benzene rings is 3. The monoisotopic (exact) mass is 414 g/mol. The quantitative estimate of drug-likeness (QED) is 0.399. The van der Waals surface area contributed by atoms with Crippen molar-refractivity contribution in [1.82, 2.24) is 5.32 Å². The number of imide groups is 2. The molecule has 154 valence electrons. The van der Waals surface area contributed by atoms with Gasteiger partial charge in [-0.15, -0.1) is 0 Å². The maximum absolute atomic E-state index is 13.1. The van der Waals surface area contributed by atoms with Crippen LogP contribution in [0.25, 0.3) is 16.8 Å². The highest BCUT2D eigenvalue weighted by Gasteiger charge is 2.36. The number of fused-ring (bicyclic) bond motifs is 1. The van der Waals surface area contributed by atoms with Gasteiger partial charge in [-0.25, -0.2) is 14.5 Å². The molecule has 7 heteroatoms. The largest absolute Gasteiger partial charge is 0.462 e. The minimum absolute atomic E-state index is 0.162. The van der Waals surface area contributed by atoms with Gasteiger partial charge in [-0.1, -0.05) is 42.5 Å². The minimum atomic E-state index is -0.853. The molecule has 4 amide bonds. The number of anilines is 1. The van der Waals surface area contributed by atoms with Crippen LogP contribution in [-0.2, 0) is 14.3 Å². The van der Waals surface area contributed by atoms with Crippen molar-refractivity contribution in [2.75, 3.05) is 11.5 Å². The second-order valence-electron chi connectivity index (χ2n) is 6.79. The maximum Gasteiger partial charge on any atom is 0.338 e. The third kappa shape index (κ3) is 3.81. The molecule has 0 saturated carbocycles. The Bertz CT molecular complexity index is 1240. The van der Waals surface area contributed by atoms with Crippen LogP contribution in [0, 0.1) is 0 Å². The molecule has 0 radical (unpaired) electrons. The summed E-state index contributed by atoms with van der Waals surface area (Å²) < 4.78 is 4.94. The Morgan fingerprint density at radius 3 is 2.42 bits per heavy atom. The zero-order chi connectivity index (χ0) is 22.0. The Kier molecular flexibility index (Phi) is 5.32. The van der Waals surface area contributed by atoms with E-state index in [1.807, 2.05) is 36.4 Å². The SMILES string of the molecule is CCOC(=O)c1ccc(N2C(=O)NC(=O)/C(=C\c3cccc4ccccc34)C2=O)cc1. The molecule has 1 aliphatic rings. The van der Waals surface area contributed by atoms with E-state index in [0.29, 0.717) is 5.56 Å². The van der Waals surface area contributed by atoms with Crippen molar-refractivity contribution in [3.05, 3.63) is 83.4 Å². The van der Waals surface area contributed by atoms with Gasteiger partial charge in [0.15, 0.2) is 0 Å². The van der Waals surface area contributed by atoms with Gasteiger partial charge in [-0.2, -0.15) is 0 Å². The second kappa shape index (κ2) is 8.23. The number of nitrogens with zero attached hydrogens (tertiary/aromatic N) is 1. The smallest absolute Gasteiger partial charge is 0.338 e. The fourth-order valence-corrected chi connectivity index (χ4v) is 3.38. The topological polar surface area (TPSA) is 92.8 Å². The van der Waals surface area contributed by atoms with E-state index in [2.05, 4.69) is 5.32 Å². The van der Waals surface area contributed by atoms with Crippen LogP contribution in [0.5, 0.6) is 0 Å². The number of carbonyl (C=O) groups excluding carboxylic acids is 4. The predicted molar refractivity (Wildman–Crippen MR) is 115 cm³/mol. The van der Waals surface area contributed by atoms with E-state index in [9.17, 15) is 19.2 Å². The average Bonchev–Trinajstić information content (AvgIpc) is 2.77. The highest BCUT2D eigenvalue weighted by molar-refractivity contribution is 6.39. The third-order valence-electron chi connectivity index (χ3n) is 4.86. The molecule has 4 rings (SSSR count). The van der Waals surface area contributed by atoms with Crippen molar-refractivity contribution in [2.45, 2.75) is 6.92 Å². The fourth-order valence-electron chi connectivity index (χ4n) is 3.38. The molecular weight excluding hydrogens is 396 g/mol. The number of ether oxygens (including phenoxy) is 1. The van der Waals surface area contributed by atoms with Gasteiger partial charge in [0.2, 0.25) is 0 Å². The standard InChI is InChI=1S/C24H18N2O5/c1-2-31-23(29)16-10-12-18(13-11-16)26-22(28)20(21(27)25-24(26)30)14-17-8-5-7-15-6-3-4-9-19(15)17/h3-14H,2H2,1H3,(H,25,27,30)/b20-14+. The molecule has 1 fully saturated rings. The van der Waals surface area contributed by atoms with E-state index in [1.165, 1.54) is 30.3 Å². The number of urea groups is 1. The Labute approximate surface area is 177 Å². The van der Waals surface area contributed by atoms with E-state index in [4.69, 9.17) is 4.74 Å². The van der Waals surface area contributed by atoms with Gasteiger partial charge in [-0.3, -0.25) is 14.9 Å². The fraction of sp³-hybridized carbons (Fsp3) is 0.0833. The number of carbonyl (C=O) groups is 4. The van der Waals surface area contributed by atoms with Crippen molar-refractivity contribution >= 4 is 46.4 Å². The summed E-state index contributed by atoms with van der Waals surface area (Å²) in [6.07, 6.45) is 1.48. The van der Waals surface area contributed by atoms with Gasteiger partial charge in [0.1, 0.15) is 5.57 Å². The molecule has 0 bridgehead atoms. The first-order valence-electron chi connectivity index (χ1n) is 9.66. The molecule has 31 heavy (non-hydrogen) atoms. The molecule has 3 aromatic rings. The van der Waals surface area contributed by atoms with Crippen LogP contribution in [-0.4, -0.2) is 30.4 Å². The molecule has 1 N–H and O–H groups in total. The van der Waals surface area contributed by atoms with E-state index in [1.54, 1.807) is 13.0 Å². The summed E-state index contributed by atoms with van der Waals surface area (Å²) in [4.78, 5) is 50.6. The maximum atomic E-state index is 13.1. The normalized spacial score (nSPS) is 15.3. The van der Waals surface area contributed by atoms with Gasteiger partial charge in [0.25, 0.3) is 11.8 Å². The van der Waals surface area contributed by atoms with Crippen molar-refractivity contribution < 1.29 is 23.9 Å². The number of nitrogens with one attached hydrogen (secondary N) is 1. The molecule has 3 aromatic carbocycles. The van der Waals surface area contributed by atoms with Crippen LogP contribution in [0.1, 0.15) is 22.8 Å². The molecule has 1 heterocycles. The van der Waals surface area contributed by atoms with Crippen LogP contribution >= 0.6 is 0 Å². The summed E-state index contributed by atoms with van der Waals surface area (Å²) in [5.74, 6) is -2.01. The first kappa shape index (κ1) is 20.0. The number of hydrogen-bond acceptors (Lipinski definition) is 5. The van der Waals surface area contributed by atoms with Crippen LogP contribution in [0.15, 0.2) is 72.3 Å². The molecule has 1 saturated heterocycles. The summed E-state index contributed by atoms with van der Waals surface area (Å²) >= 11 is 0. The minimum Gasteiger partial charge on any atom is -0.462 e. The van der Waals surface area contributed by atoms with Gasteiger partial charge in [-0.05, 0) is 53.6 Å². The molecule has 1 aliphatic heterocycles. The van der Waals surface area contributed by atoms with Crippen LogP contribution < -0.4 is 10.2 Å². The Hall–Kier alpha value is -4.26. The van der Waals surface area contributed by atoms with Crippen molar-refractivity contribution in [3.63, 3.8) is 0 Å². The summed E-state index contributed by atoms with van der Waals surface area (Å²) in [7, 11) is 0. The molecule has 0 spiro atoms. The highest BCUT2D eigenvalue weighted by atomic mass is 16.5. The Morgan fingerprint density at radius 2 is 1.68 bits per heavy atom. The lowest BCUT2D eigenvalue weighted by Crippen LogP contribution is -2.54.